The van der Waals surface area contributed by atoms with Crippen LogP contribution in [0.5, 0.6) is 0 Å². The van der Waals surface area contributed by atoms with Crippen LogP contribution in [0.4, 0.5) is 0 Å². The summed E-state index contributed by atoms with van der Waals surface area (Å²) in [6.45, 7) is 0.148. The molecule has 21 heavy (non-hydrogen) atoms. The van der Waals surface area contributed by atoms with Gasteiger partial charge in [0.05, 0.1) is 18.8 Å². The molecular formula is C11H19NO9. The maximum absolute atomic E-state index is 11.2. The standard InChI is InChI=1S/C11H19NO9/c1-4(14)12-7-5(15)2-11(20,10(18)19)21-9(7)8(17)6(16)3-13/h5-9,13,15-17,20H,2-3H2,1H3,(H,12,14)(H,18,19)/t5-,6+,7+,8+,9+,11?/m0/s1/i2D/t2?,5-,6+,7+,8+,9+,11?. The number of ether oxygens (including phenoxy) is 1. The van der Waals surface area contributed by atoms with Crippen molar-refractivity contribution in [1.29, 1.82) is 0 Å². The SMILES string of the molecule is [2H]C1[C@H](O)[C@@H](NC(C)=O)[C@H]([C@H](O)[C@H](O)CO)OC1(O)C(=O)O. The average Bonchev–Trinajstić information content (AvgIpc) is 2.45. The Kier molecular flexibility index (Phi) is 5.08. The van der Waals surface area contributed by atoms with Crippen molar-refractivity contribution in [2.24, 2.45) is 0 Å². The molecule has 10 nitrogen and oxygen atoms in total. The van der Waals surface area contributed by atoms with Gasteiger partial charge in [-0.3, -0.25) is 4.79 Å². The van der Waals surface area contributed by atoms with Gasteiger partial charge in [-0.1, -0.05) is 0 Å². The van der Waals surface area contributed by atoms with Crippen molar-refractivity contribution in [1.82, 2.24) is 5.32 Å². The minimum Gasteiger partial charge on any atom is -0.477 e. The number of hydrogen-bond donors (Lipinski definition) is 7. The monoisotopic (exact) mass is 310 g/mol. The lowest BCUT2D eigenvalue weighted by Crippen LogP contribution is -2.67. The van der Waals surface area contributed by atoms with Crippen LogP contribution < -0.4 is 5.32 Å². The molecule has 1 saturated heterocycles. The normalized spacial score (nSPS) is 40.0. The van der Waals surface area contributed by atoms with Gasteiger partial charge in [-0.05, 0) is 0 Å². The summed E-state index contributed by atoms with van der Waals surface area (Å²) in [5, 5.41) is 59.1. The van der Waals surface area contributed by atoms with E-state index in [1.807, 2.05) is 0 Å². The first kappa shape index (κ1) is 16.1. The molecule has 0 aromatic rings. The number of carbonyl (C=O) groups excluding carboxylic acids is 1. The van der Waals surface area contributed by atoms with Crippen molar-refractivity contribution < 1.29 is 46.3 Å². The van der Waals surface area contributed by atoms with Crippen LogP contribution in [-0.4, -0.2) is 85.4 Å². The van der Waals surface area contributed by atoms with Gasteiger partial charge >= 0.3 is 5.97 Å². The molecule has 0 aliphatic carbocycles. The van der Waals surface area contributed by atoms with E-state index in [1.54, 1.807) is 0 Å². The third-order valence-corrected chi connectivity index (χ3v) is 3.03. The summed E-state index contributed by atoms with van der Waals surface area (Å²) in [5.41, 5.74) is 0. The zero-order valence-corrected chi connectivity index (χ0v) is 11.1. The van der Waals surface area contributed by atoms with Crippen LogP contribution >= 0.6 is 0 Å². The predicted molar refractivity (Wildman–Crippen MR) is 64.8 cm³/mol. The average molecular weight is 310 g/mol. The number of rotatable bonds is 5. The summed E-state index contributed by atoms with van der Waals surface area (Å²) in [7, 11) is 0. The number of nitrogens with one attached hydrogen (secondary N) is 1. The van der Waals surface area contributed by atoms with Crippen LogP contribution in [0.2, 0.25) is 0 Å². The number of aliphatic carboxylic acids is 1. The fraction of sp³-hybridized carbons (Fsp3) is 0.818. The summed E-state index contributed by atoms with van der Waals surface area (Å²) >= 11 is 0. The molecule has 0 aromatic heterocycles. The van der Waals surface area contributed by atoms with Crippen LogP contribution in [0.1, 0.15) is 14.7 Å². The minimum atomic E-state index is -3.16. The van der Waals surface area contributed by atoms with Gasteiger partial charge in [0.2, 0.25) is 5.91 Å². The fourth-order valence-corrected chi connectivity index (χ4v) is 1.98. The first-order chi connectivity index (χ1) is 10.1. The molecule has 1 aliphatic rings. The lowest BCUT2D eigenvalue weighted by atomic mass is 9.88. The summed E-state index contributed by atoms with van der Waals surface area (Å²) in [6, 6.07) is -1.48. The van der Waals surface area contributed by atoms with Crippen LogP contribution in [0, 0.1) is 0 Å². The van der Waals surface area contributed by atoms with Gasteiger partial charge in [0, 0.05) is 14.7 Å². The lowest BCUT2D eigenvalue weighted by molar-refractivity contribution is -0.295. The maximum atomic E-state index is 11.2. The molecule has 122 valence electrons. The molecule has 2 unspecified atom stereocenters. The van der Waals surface area contributed by atoms with Crippen LogP contribution in [0.15, 0.2) is 0 Å². The highest BCUT2D eigenvalue weighted by molar-refractivity contribution is 5.76. The van der Waals surface area contributed by atoms with Gasteiger partial charge in [0.15, 0.2) is 0 Å². The molecule has 7 atom stereocenters. The van der Waals surface area contributed by atoms with Crippen LogP contribution in [-0.2, 0) is 14.3 Å². The van der Waals surface area contributed by atoms with Gasteiger partial charge in [-0.2, -0.15) is 0 Å². The molecular weight excluding hydrogens is 290 g/mol. The van der Waals surface area contributed by atoms with Gasteiger partial charge in [0.25, 0.3) is 5.79 Å². The molecule has 0 aromatic carbocycles. The van der Waals surface area contributed by atoms with Gasteiger partial charge in [-0.15, -0.1) is 0 Å². The van der Waals surface area contributed by atoms with E-state index < -0.39 is 61.1 Å². The Morgan fingerprint density at radius 2 is 2.10 bits per heavy atom. The quantitative estimate of drug-likeness (QED) is 0.267. The molecule has 7 N–H and O–H groups in total. The van der Waals surface area contributed by atoms with E-state index in [1.165, 1.54) is 0 Å². The third-order valence-electron chi connectivity index (χ3n) is 3.03. The third kappa shape index (κ3) is 3.87. The Balaban J connectivity index is 3.19. The molecule has 0 bridgehead atoms. The number of carbonyl (C=O) groups is 2. The summed E-state index contributed by atoms with van der Waals surface area (Å²) in [5.74, 6) is -5.82. The van der Waals surface area contributed by atoms with E-state index in [0.29, 0.717) is 0 Å². The molecule has 0 spiro atoms. The lowest BCUT2D eigenvalue weighted by Gasteiger charge is -2.44. The van der Waals surface area contributed by atoms with Crippen LogP contribution in [0.25, 0.3) is 0 Å². The second kappa shape index (κ2) is 6.64. The highest BCUT2D eigenvalue weighted by Gasteiger charge is 2.53. The van der Waals surface area contributed by atoms with E-state index in [0.717, 1.165) is 6.92 Å². The number of carboxylic acids is 1. The molecule has 0 radical (unpaired) electrons. The van der Waals surface area contributed by atoms with E-state index in [2.05, 4.69) is 5.32 Å². The number of aliphatic hydroxyl groups excluding tert-OH is 4. The molecule has 0 saturated carbocycles. The maximum Gasteiger partial charge on any atom is 0.364 e. The van der Waals surface area contributed by atoms with Gasteiger partial charge in [0.1, 0.15) is 18.3 Å². The first-order valence-electron chi connectivity index (χ1n) is 6.62. The molecule has 1 heterocycles. The molecule has 10 heteroatoms. The number of hydrogen-bond acceptors (Lipinski definition) is 8. The zero-order valence-electron chi connectivity index (χ0n) is 12.1. The number of amides is 1. The van der Waals surface area contributed by atoms with Crippen LogP contribution in [0.3, 0.4) is 0 Å². The fourth-order valence-electron chi connectivity index (χ4n) is 1.98. The van der Waals surface area contributed by atoms with Crippen molar-refractivity contribution in [2.45, 2.75) is 49.6 Å². The molecule has 1 amide bonds. The summed E-state index contributed by atoms with van der Waals surface area (Å²) in [6.07, 6.45) is -9.49. The Hall–Kier alpha value is -1.30. The van der Waals surface area contributed by atoms with E-state index in [-0.39, 0.29) is 0 Å². The first-order valence-corrected chi connectivity index (χ1v) is 6.04. The summed E-state index contributed by atoms with van der Waals surface area (Å²) in [4.78, 5) is 22.2. The van der Waals surface area contributed by atoms with Crippen molar-refractivity contribution >= 4 is 11.9 Å². The molecule has 1 rings (SSSR count). The van der Waals surface area contributed by atoms with Crippen molar-refractivity contribution in [3.05, 3.63) is 0 Å². The smallest absolute Gasteiger partial charge is 0.364 e. The highest BCUT2D eigenvalue weighted by atomic mass is 16.7. The van der Waals surface area contributed by atoms with Crippen molar-refractivity contribution in [3.63, 3.8) is 0 Å². The topological polar surface area (TPSA) is 177 Å². The Morgan fingerprint density at radius 1 is 1.52 bits per heavy atom. The highest BCUT2D eigenvalue weighted by Crippen LogP contribution is 2.30. The minimum absolute atomic E-state index is 0.684. The second-order valence-corrected chi connectivity index (χ2v) is 4.71. The van der Waals surface area contributed by atoms with E-state index >= 15 is 0 Å². The molecule has 1 aliphatic heterocycles. The summed E-state index contributed by atoms with van der Waals surface area (Å²) < 4.78 is 12.4. The Bertz CT molecular complexity index is 436. The van der Waals surface area contributed by atoms with E-state index in [4.69, 9.17) is 16.3 Å². The van der Waals surface area contributed by atoms with Gasteiger partial charge < -0.3 is 40.7 Å². The number of carboxylic acid groups (broad SMARTS) is 1. The number of aliphatic hydroxyl groups is 5. The Labute approximate surface area is 121 Å². The predicted octanol–water partition coefficient (Wildman–Crippen LogP) is -3.87. The Morgan fingerprint density at radius 3 is 2.52 bits per heavy atom. The van der Waals surface area contributed by atoms with Gasteiger partial charge in [-0.25, -0.2) is 4.79 Å². The van der Waals surface area contributed by atoms with E-state index in [9.17, 15) is 30.0 Å². The van der Waals surface area contributed by atoms with Crippen molar-refractivity contribution in [3.8, 4) is 0 Å². The van der Waals surface area contributed by atoms with Crippen molar-refractivity contribution in [2.75, 3.05) is 6.61 Å². The second-order valence-electron chi connectivity index (χ2n) is 4.71. The largest absolute Gasteiger partial charge is 0.477 e. The zero-order chi connectivity index (χ0) is 17.2. The molecule has 1 fully saturated rings.